The molecule has 2 aliphatic rings. The largest absolute Gasteiger partial charge is 0.481 e. The summed E-state index contributed by atoms with van der Waals surface area (Å²) in [6, 6.07) is 0.135. The molecule has 2 N–H and O–H groups in total. The van der Waals surface area contributed by atoms with E-state index in [1.807, 2.05) is 0 Å². The molecule has 0 aromatic heterocycles. The van der Waals surface area contributed by atoms with Crippen LogP contribution < -0.4 is 0 Å². The van der Waals surface area contributed by atoms with Crippen LogP contribution >= 0.6 is 0 Å². The van der Waals surface area contributed by atoms with Gasteiger partial charge in [-0.3, -0.25) is 9.59 Å². The number of carbonyl (C=O) groups excluding carboxylic acids is 1. The molecule has 0 aromatic carbocycles. The van der Waals surface area contributed by atoms with Gasteiger partial charge < -0.3 is 20.0 Å². The predicted molar refractivity (Wildman–Crippen MR) is 77.8 cm³/mol. The van der Waals surface area contributed by atoms with Crippen molar-refractivity contribution in [3.05, 3.63) is 0 Å². The van der Waals surface area contributed by atoms with Crippen LogP contribution in [0.25, 0.3) is 0 Å². The Morgan fingerprint density at radius 3 is 2.33 bits per heavy atom. The van der Waals surface area contributed by atoms with Gasteiger partial charge in [-0.05, 0) is 45.8 Å². The van der Waals surface area contributed by atoms with E-state index >= 15 is 0 Å². The number of aliphatic hydroxyl groups excluding tert-OH is 1. The summed E-state index contributed by atoms with van der Waals surface area (Å²) < 4.78 is 0. The second kappa shape index (κ2) is 7.22. The van der Waals surface area contributed by atoms with E-state index in [9.17, 15) is 19.8 Å². The highest BCUT2D eigenvalue weighted by molar-refractivity contribution is 5.85. The summed E-state index contributed by atoms with van der Waals surface area (Å²) in [6.07, 6.45) is 3.84. The highest BCUT2D eigenvalue weighted by atomic mass is 16.4. The second-order valence-corrected chi connectivity index (χ2v) is 6.27. The first-order valence-electron chi connectivity index (χ1n) is 7.87. The molecule has 2 atom stereocenters. The number of aliphatic hydroxyl groups is 1. The van der Waals surface area contributed by atoms with Crippen LogP contribution in [0, 0.1) is 11.8 Å². The van der Waals surface area contributed by atoms with Gasteiger partial charge in [0.25, 0.3) is 0 Å². The van der Waals surface area contributed by atoms with Crippen molar-refractivity contribution in [3.8, 4) is 0 Å². The number of amides is 1. The molecule has 0 aromatic rings. The number of carboxylic acid groups (broad SMARTS) is 1. The molecule has 0 unspecified atom stereocenters. The fourth-order valence-electron chi connectivity index (χ4n) is 3.65. The van der Waals surface area contributed by atoms with Gasteiger partial charge in [0.2, 0.25) is 5.91 Å². The number of aliphatic carboxylic acids is 1. The zero-order valence-electron chi connectivity index (χ0n) is 12.7. The number of piperidine rings is 1. The number of carboxylic acids is 1. The Labute approximate surface area is 125 Å². The molecule has 1 aliphatic heterocycles. The van der Waals surface area contributed by atoms with Gasteiger partial charge in [0, 0.05) is 12.6 Å². The SMILES string of the molecule is CN1CCC(N(CCO)C(=O)[C@@H]2CCC[C@@H]2C(=O)O)CC1. The zero-order chi connectivity index (χ0) is 15.4. The Balaban J connectivity index is 2.06. The molecule has 2 rings (SSSR count). The molecular formula is C15H26N2O4. The highest BCUT2D eigenvalue weighted by Gasteiger charge is 2.41. The lowest BCUT2D eigenvalue weighted by molar-refractivity contribution is -0.150. The zero-order valence-corrected chi connectivity index (χ0v) is 12.7. The van der Waals surface area contributed by atoms with Crippen molar-refractivity contribution in [2.75, 3.05) is 33.3 Å². The van der Waals surface area contributed by atoms with Crippen molar-refractivity contribution in [1.82, 2.24) is 9.80 Å². The molecule has 0 spiro atoms. The minimum Gasteiger partial charge on any atom is -0.481 e. The maximum Gasteiger partial charge on any atom is 0.307 e. The van der Waals surface area contributed by atoms with Crippen LogP contribution in [-0.4, -0.2) is 71.2 Å². The predicted octanol–water partition coefficient (Wildman–Crippen LogP) is 0.402. The third-order valence-electron chi connectivity index (χ3n) is 4.90. The molecule has 120 valence electrons. The number of likely N-dealkylation sites (tertiary alicyclic amines) is 1. The highest BCUT2D eigenvalue weighted by Crippen LogP contribution is 2.34. The molecule has 6 heteroatoms. The summed E-state index contributed by atoms with van der Waals surface area (Å²) in [5.74, 6) is -1.89. The van der Waals surface area contributed by atoms with Gasteiger partial charge >= 0.3 is 5.97 Å². The van der Waals surface area contributed by atoms with Gasteiger partial charge in [0.1, 0.15) is 0 Å². The van der Waals surface area contributed by atoms with Crippen molar-refractivity contribution in [3.63, 3.8) is 0 Å². The minimum absolute atomic E-state index is 0.0662. The maximum atomic E-state index is 12.8. The molecule has 1 heterocycles. The number of hydrogen-bond acceptors (Lipinski definition) is 4. The average Bonchev–Trinajstić information content (AvgIpc) is 2.95. The Hall–Kier alpha value is -1.14. The van der Waals surface area contributed by atoms with E-state index in [0.717, 1.165) is 32.4 Å². The second-order valence-electron chi connectivity index (χ2n) is 6.27. The molecule has 0 bridgehead atoms. The summed E-state index contributed by atoms with van der Waals surface area (Å²) in [5, 5.41) is 18.5. The van der Waals surface area contributed by atoms with Crippen LogP contribution in [0.4, 0.5) is 0 Å². The van der Waals surface area contributed by atoms with E-state index in [1.54, 1.807) is 4.90 Å². The Morgan fingerprint density at radius 2 is 1.76 bits per heavy atom. The normalized spacial score (nSPS) is 27.7. The van der Waals surface area contributed by atoms with Crippen molar-refractivity contribution in [1.29, 1.82) is 0 Å². The molecule has 1 aliphatic carbocycles. The van der Waals surface area contributed by atoms with Crippen LogP contribution in [0.1, 0.15) is 32.1 Å². The Kier molecular flexibility index (Phi) is 5.58. The molecule has 2 fully saturated rings. The van der Waals surface area contributed by atoms with E-state index in [2.05, 4.69) is 11.9 Å². The fraction of sp³-hybridized carbons (Fsp3) is 0.867. The van der Waals surface area contributed by atoms with Gasteiger partial charge in [-0.2, -0.15) is 0 Å². The molecule has 1 amide bonds. The third kappa shape index (κ3) is 3.74. The van der Waals surface area contributed by atoms with Crippen molar-refractivity contribution < 1.29 is 19.8 Å². The summed E-state index contributed by atoms with van der Waals surface area (Å²) in [5.41, 5.74) is 0. The maximum absolute atomic E-state index is 12.8. The number of nitrogens with zero attached hydrogens (tertiary/aromatic N) is 2. The van der Waals surface area contributed by atoms with E-state index in [4.69, 9.17) is 0 Å². The third-order valence-corrected chi connectivity index (χ3v) is 4.90. The molecule has 6 nitrogen and oxygen atoms in total. The van der Waals surface area contributed by atoms with Crippen molar-refractivity contribution in [2.45, 2.75) is 38.1 Å². The average molecular weight is 298 g/mol. The summed E-state index contributed by atoms with van der Waals surface area (Å²) in [6.45, 7) is 2.12. The smallest absolute Gasteiger partial charge is 0.307 e. The molecular weight excluding hydrogens is 272 g/mol. The summed E-state index contributed by atoms with van der Waals surface area (Å²) >= 11 is 0. The summed E-state index contributed by atoms with van der Waals surface area (Å²) in [7, 11) is 2.06. The lowest BCUT2D eigenvalue weighted by Crippen LogP contribution is -2.50. The van der Waals surface area contributed by atoms with E-state index in [0.29, 0.717) is 19.4 Å². The van der Waals surface area contributed by atoms with Crippen molar-refractivity contribution >= 4 is 11.9 Å². The van der Waals surface area contributed by atoms with Gasteiger partial charge in [-0.25, -0.2) is 0 Å². The van der Waals surface area contributed by atoms with Crippen LogP contribution in [0.3, 0.4) is 0 Å². The van der Waals surface area contributed by atoms with Crippen LogP contribution in [0.5, 0.6) is 0 Å². The first-order valence-corrected chi connectivity index (χ1v) is 7.87. The Bertz CT molecular complexity index is 380. The van der Waals surface area contributed by atoms with Crippen LogP contribution in [-0.2, 0) is 9.59 Å². The van der Waals surface area contributed by atoms with Crippen molar-refractivity contribution in [2.24, 2.45) is 11.8 Å². The van der Waals surface area contributed by atoms with Crippen LogP contribution in [0.15, 0.2) is 0 Å². The van der Waals surface area contributed by atoms with Gasteiger partial charge in [-0.1, -0.05) is 6.42 Å². The van der Waals surface area contributed by atoms with Crippen LogP contribution in [0.2, 0.25) is 0 Å². The van der Waals surface area contributed by atoms with Gasteiger partial charge in [0.15, 0.2) is 0 Å². The molecule has 21 heavy (non-hydrogen) atoms. The molecule has 1 saturated carbocycles. The molecule has 0 radical (unpaired) electrons. The lowest BCUT2D eigenvalue weighted by atomic mass is 9.93. The Morgan fingerprint density at radius 1 is 1.14 bits per heavy atom. The summed E-state index contributed by atoms with van der Waals surface area (Å²) in [4.78, 5) is 28.0. The number of carbonyl (C=O) groups is 2. The topological polar surface area (TPSA) is 81.1 Å². The molecule has 1 saturated heterocycles. The number of hydrogen-bond donors (Lipinski definition) is 2. The minimum atomic E-state index is -0.863. The van der Waals surface area contributed by atoms with E-state index in [1.165, 1.54) is 0 Å². The monoisotopic (exact) mass is 298 g/mol. The standard InChI is InChI=1S/C15H26N2O4/c1-16-7-5-11(6-8-16)17(9-10-18)14(19)12-3-2-4-13(12)15(20)21/h11-13,18H,2-10H2,1H3,(H,20,21)/t12-,13+/m1/s1. The van der Waals surface area contributed by atoms with E-state index < -0.39 is 17.8 Å². The fourth-order valence-corrected chi connectivity index (χ4v) is 3.65. The van der Waals surface area contributed by atoms with E-state index in [-0.39, 0.29) is 18.6 Å². The first-order chi connectivity index (χ1) is 10.0. The van der Waals surface area contributed by atoms with Gasteiger partial charge in [0.05, 0.1) is 18.4 Å². The number of rotatable bonds is 5. The quantitative estimate of drug-likeness (QED) is 0.768. The van der Waals surface area contributed by atoms with Gasteiger partial charge in [-0.15, -0.1) is 0 Å². The first kappa shape index (κ1) is 16.2. The lowest BCUT2D eigenvalue weighted by Gasteiger charge is -2.38.